The molecule has 0 aromatic heterocycles. The maximum absolute atomic E-state index is 6.71. The van der Waals surface area contributed by atoms with Gasteiger partial charge in [-0.05, 0) is 32.1 Å². The van der Waals surface area contributed by atoms with Gasteiger partial charge in [-0.15, -0.1) is 0 Å². The number of epoxide rings is 4. The lowest BCUT2D eigenvalue weighted by atomic mass is 9.77. The third-order valence-electron chi connectivity index (χ3n) is 7.66. The molecular weight excluding hydrogens is 440 g/mol. The highest BCUT2D eigenvalue weighted by atomic mass is 16.6. The zero-order chi connectivity index (χ0) is 23.2. The second-order valence-electron chi connectivity index (χ2n) is 10.7. The molecule has 4 aliphatic heterocycles. The molecule has 0 aromatic carbocycles. The van der Waals surface area contributed by atoms with E-state index in [-0.39, 0.29) is 42.2 Å². The van der Waals surface area contributed by atoms with E-state index in [0.717, 1.165) is 65.0 Å². The molecule has 0 aromatic rings. The van der Waals surface area contributed by atoms with Gasteiger partial charge >= 0.3 is 0 Å². The summed E-state index contributed by atoms with van der Waals surface area (Å²) in [5, 5.41) is 0. The Balaban J connectivity index is 1.23. The lowest BCUT2D eigenvalue weighted by Gasteiger charge is -2.45. The van der Waals surface area contributed by atoms with E-state index in [1.807, 2.05) is 0 Å². The molecule has 4 saturated heterocycles. The molecule has 6 unspecified atom stereocenters. The molecule has 1 saturated carbocycles. The van der Waals surface area contributed by atoms with Crippen LogP contribution in [0.4, 0.5) is 0 Å². The highest BCUT2D eigenvalue weighted by Crippen LogP contribution is 2.40. The van der Waals surface area contributed by atoms with Crippen LogP contribution in [-0.4, -0.2) is 101 Å². The van der Waals surface area contributed by atoms with Crippen LogP contribution in [0.3, 0.4) is 0 Å². The molecule has 8 nitrogen and oxygen atoms in total. The van der Waals surface area contributed by atoms with Gasteiger partial charge in [0.1, 0.15) is 24.4 Å². The predicted octanol–water partition coefficient (Wildman–Crippen LogP) is 3.04. The Morgan fingerprint density at radius 1 is 0.765 bits per heavy atom. The number of hydrogen-bond donors (Lipinski definition) is 0. The topological polar surface area (TPSA) is 87.0 Å². The van der Waals surface area contributed by atoms with Crippen molar-refractivity contribution in [1.82, 2.24) is 0 Å². The van der Waals surface area contributed by atoms with Crippen LogP contribution >= 0.6 is 0 Å². The van der Waals surface area contributed by atoms with Crippen LogP contribution in [0.5, 0.6) is 0 Å². The summed E-state index contributed by atoms with van der Waals surface area (Å²) in [6.07, 6.45) is 10.8. The van der Waals surface area contributed by atoms with Crippen molar-refractivity contribution < 1.29 is 37.9 Å². The Bertz CT molecular complexity index is 594. The summed E-state index contributed by atoms with van der Waals surface area (Å²) >= 11 is 0. The summed E-state index contributed by atoms with van der Waals surface area (Å²) in [6.45, 7) is 8.16. The van der Waals surface area contributed by atoms with Crippen LogP contribution in [0.25, 0.3) is 0 Å². The van der Waals surface area contributed by atoms with Gasteiger partial charge in [-0.25, -0.2) is 0 Å². The molecule has 5 fully saturated rings. The standard InChI is InChI=1S/C26H44O8/c1-2-3-4-5-20(28-12-22-14-30-22)10-25(33-17-23-15-31-23)26(34-18-24-16-32-24)8-6-19(7-9-26)27-11-21-13-29-21/h19-25H,2-18H2,1H3. The van der Waals surface area contributed by atoms with Gasteiger partial charge in [0.2, 0.25) is 0 Å². The highest BCUT2D eigenvalue weighted by Gasteiger charge is 2.47. The van der Waals surface area contributed by atoms with E-state index in [2.05, 4.69) is 6.92 Å². The van der Waals surface area contributed by atoms with Gasteiger partial charge in [0.15, 0.2) is 0 Å². The maximum Gasteiger partial charge on any atom is 0.104 e. The van der Waals surface area contributed by atoms with Crippen LogP contribution in [0.2, 0.25) is 0 Å². The lowest BCUT2D eigenvalue weighted by molar-refractivity contribution is -0.188. The molecule has 0 radical (unpaired) electrons. The van der Waals surface area contributed by atoms with Gasteiger partial charge in [-0.3, -0.25) is 0 Å². The fourth-order valence-corrected chi connectivity index (χ4v) is 5.00. The molecule has 5 rings (SSSR count). The second kappa shape index (κ2) is 12.3. The van der Waals surface area contributed by atoms with E-state index in [1.165, 1.54) is 19.3 Å². The molecule has 5 aliphatic rings. The van der Waals surface area contributed by atoms with E-state index >= 15 is 0 Å². The average molecular weight is 485 g/mol. The third kappa shape index (κ3) is 8.37. The van der Waals surface area contributed by atoms with Crippen LogP contribution in [0, 0.1) is 0 Å². The summed E-state index contributed by atoms with van der Waals surface area (Å²) in [4.78, 5) is 0. The average Bonchev–Trinajstić information content (AvgIpc) is 3.69. The maximum atomic E-state index is 6.71. The van der Waals surface area contributed by atoms with Crippen molar-refractivity contribution in [2.45, 2.75) is 113 Å². The van der Waals surface area contributed by atoms with Gasteiger partial charge in [-0.2, -0.15) is 0 Å². The highest BCUT2D eigenvalue weighted by molar-refractivity contribution is 4.97. The summed E-state index contributed by atoms with van der Waals surface area (Å²) in [5.41, 5.74) is -0.334. The molecule has 1 aliphatic carbocycles. The van der Waals surface area contributed by atoms with Crippen molar-refractivity contribution in [3.05, 3.63) is 0 Å². The van der Waals surface area contributed by atoms with Gasteiger partial charge in [0, 0.05) is 6.42 Å². The first kappa shape index (κ1) is 25.3. The zero-order valence-electron chi connectivity index (χ0n) is 20.8. The number of ether oxygens (including phenoxy) is 8. The van der Waals surface area contributed by atoms with E-state index in [9.17, 15) is 0 Å². The molecule has 34 heavy (non-hydrogen) atoms. The van der Waals surface area contributed by atoms with E-state index in [1.54, 1.807) is 0 Å². The fourth-order valence-electron chi connectivity index (χ4n) is 5.00. The van der Waals surface area contributed by atoms with Crippen molar-refractivity contribution in [3.63, 3.8) is 0 Å². The Kier molecular flexibility index (Phi) is 9.15. The summed E-state index contributed by atoms with van der Waals surface area (Å²) < 4.78 is 47.5. The van der Waals surface area contributed by atoms with Crippen LogP contribution in [-0.2, 0) is 37.9 Å². The van der Waals surface area contributed by atoms with Gasteiger partial charge in [0.25, 0.3) is 0 Å². The third-order valence-corrected chi connectivity index (χ3v) is 7.66. The van der Waals surface area contributed by atoms with Crippen LogP contribution in [0.1, 0.15) is 64.7 Å². The van der Waals surface area contributed by atoms with Crippen molar-refractivity contribution in [1.29, 1.82) is 0 Å². The molecule has 0 bridgehead atoms. The van der Waals surface area contributed by atoms with E-state index < -0.39 is 0 Å². The second-order valence-corrected chi connectivity index (χ2v) is 10.7. The Labute approximate surface area is 204 Å². The molecule has 8 heteroatoms. The van der Waals surface area contributed by atoms with Crippen LogP contribution in [0.15, 0.2) is 0 Å². The summed E-state index contributed by atoms with van der Waals surface area (Å²) in [5.74, 6) is 0. The minimum Gasteiger partial charge on any atom is -0.375 e. The molecule has 0 N–H and O–H groups in total. The minimum absolute atomic E-state index is 0.0325. The molecule has 6 atom stereocenters. The number of rotatable bonds is 19. The minimum atomic E-state index is -0.334. The first-order valence-corrected chi connectivity index (χ1v) is 13.7. The van der Waals surface area contributed by atoms with Gasteiger partial charge in [0.05, 0.1) is 76.8 Å². The molecule has 0 spiro atoms. The van der Waals surface area contributed by atoms with E-state index in [0.29, 0.717) is 32.5 Å². The smallest absolute Gasteiger partial charge is 0.104 e. The first-order valence-electron chi connectivity index (χ1n) is 13.7. The zero-order valence-corrected chi connectivity index (χ0v) is 20.8. The molecule has 0 amide bonds. The summed E-state index contributed by atoms with van der Waals surface area (Å²) in [6, 6.07) is 0. The largest absolute Gasteiger partial charge is 0.375 e. The normalized spacial score (nSPS) is 37.9. The monoisotopic (exact) mass is 484 g/mol. The number of unbranched alkanes of at least 4 members (excludes halogenated alkanes) is 2. The molecular formula is C26H44O8. The molecule has 196 valence electrons. The Hall–Kier alpha value is -0.320. The van der Waals surface area contributed by atoms with Crippen molar-refractivity contribution in [3.8, 4) is 0 Å². The Morgan fingerprint density at radius 3 is 1.97 bits per heavy atom. The fraction of sp³-hybridized carbons (Fsp3) is 1.00. The molecule has 4 heterocycles. The van der Waals surface area contributed by atoms with Crippen molar-refractivity contribution in [2.75, 3.05) is 52.9 Å². The van der Waals surface area contributed by atoms with Gasteiger partial charge in [-0.1, -0.05) is 26.2 Å². The van der Waals surface area contributed by atoms with Gasteiger partial charge < -0.3 is 37.9 Å². The summed E-state index contributed by atoms with van der Waals surface area (Å²) in [7, 11) is 0. The SMILES string of the molecule is CCCCCC(CC(OCC1CO1)C1(OCC2CO2)CCC(OCC2CO2)CC1)OCC1CO1. The Morgan fingerprint density at radius 2 is 1.35 bits per heavy atom. The lowest BCUT2D eigenvalue weighted by Crippen LogP contribution is -2.52. The van der Waals surface area contributed by atoms with Crippen LogP contribution < -0.4 is 0 Å². The quantitative estimate of drug-likeness (QED) is 0.204. The van der Waals surface area contributed by atoms with E-state index in [4.69, 9.17) is 37.9 Å². The van der Waals surface area contributed by atoms with Crippen molar-refractivity contribution in [2.24, 2.45) is 0 Å². The first-order chi connectivity index (χ1) is 16.7. The van der Waals surface area contributed by atoms with Crippen molar-refractivity contribution >= 4 is 0 Å². The number of hydrogen-bond acceptors (Lipinski definition) is 8. The predicted molar refractivity (Wildman–Crippen MR) is 124 cm³/mol.